The third kappa shape index (κ3) is 4.32. The molecule has 1 atom stereocenters. The van der Waals surface area contributed by atoms with Crippen LogP contribution in [-0.2, 0) is 4.79 Å². The third-order valence-corrected chi connectivity index (χ3v) is 3.30. The van der Waals surface area contributed by atoms with Crippen molar-refractivity contribution in [2.45, 2.75) is 32.1 Å². The van der Waals surface area contributed by atoms with Crippen LogP contribution in [0.3, 0.4) is 0 Å². The van der Waals surface area contributed by atoms with Gasteiger partial charge in [-0.3, -0.25) is 4.79 Å². The predicted molar refractivity (Wildman–Crippen MR) is 72.2 cm³/mol. The topological polar surface area (TPSA) is 40.9 Å². The van der Waals surface area contributed by atoms with Crippen molar-refractivity contribution in [1.82, 2.24) is 0 Å². The maximum atomic E-state index is 11.9. The summed E-state index contributed by atoms with van der Waals surface area (Å²) in [5, 5.41) is 8.92. The van der Waals surface area contributed by atoms with E-state index in [1.165, 1.54) is 0 Å². The SMILES string of the molecule is Cc1cccc(C(CCCC#N)C(=O)CBr)c1. The zero-order chi connectivity index (χ0) is 12.7. The number of nitriles is 1. The molecule has 3 heteroatoms. The molecule has 0 fully saturated rings. The van der Waals surface area contributed by atoms with Crippen LogP contribution in [0.15, 0.2) is 24.3 Å². The van der Waals surface area contributed by atoms with Gasteiger partial charge in [-0.15, -0.1) is 0 Å². The van der Waals surface area contributed by atoms with Crippen molar-refractivity contribution in [2.24, 2.45) is 0 Å². The minimum Gasteiger partial charge on any atom is -0.298 e. The molecule has 0 N–H and O–H groups in total. The van der Waals surface area contributed by atoms with Gasteiger partial charge in [0.1, 0.15) is 0 Å². The van der Waals surface area contributed by atoms with Gasteiger partial charge in [-0.25, -0.2) is 0 Å². The van der Waals surface area contributed by atoms with E-state index < -0.39 is 0 Å². The standard InChI is InChI=1S/C14H16BrNO/c1-11-5-4-6-12(9-11)13(14(17)10-15)7-2-3-8-16/h4-6,9,13H,2-3,7,10H2,1H3. The monoisotopic (exact) mass is 293 g/mol. The second-order valence-corrected chi connectivity index (χ2v) is 4.68. The van der Waals surface area contributed by atoms with Crippen molar-refractivity contribution >= 4 is 21.7 Å². The lowest BCUT2D eigenvalue weighted by molar-refractivity contribution is -0.118. The summed E-state index contributed by atoms with van der Waals surface area (Å²) in [6, 6.07) is 10.2. The molecule has 0 bridgehead atoms. The molecule has 1 aromatic carbocycles. The average Bonchev–Trinajstić information content (AvgIpc) is 2.34. The minimum absolute atomic E-state index is 0.0809. The average molecular weight is 294 g/mol. The molecule has 0 spiro atoms. The minimum atomic E-state index is -0.0809. The fourth-order valence-corrected chi connectivity index (χ4v) is 2.27. The van der Waals surface area contributed by atoms with Crippen molar-refractivity contribution in [3.8, 4) is 6.07 Å². The Balaban J connectivity index is 2.83. The van der Waals surface area contributed by atoms with Crippen LogP contribution >= 0.6 is 15.9 Å². The molecule has 1 rings (SSSR count). The molecule has 0 aliphatic heterocycles. The third-order valence-electron chi connectivity index (χ3n) is 2.75. The fourth-order valence-electron chi connectivity index (χ4n) is 1.88. The molecule has 1 aromatic rings. The Bertz CT molecular complexity index is 422. The molecule has 0 aromatic heterocycles. The first-order chi connectivity index (χ1) is 8.19. The Kier molecular flexibility index (Phi) is 5.93. The Morgan fingerprint density at radius 3 is 2.88 bits per heavy atom. The molecule has 2 nitrogen and oxygen atoms in total. The van der Waals surface area contributed by atoms with Gasteiger partial charge in [-0.2, -0.15) is 5.26 Å². The predicted octanol–water partition coefficient (Wildman–Crippen LogP) is 3.74. The zero-order valence-corrected chi connectivity index (χ0v) is 11.5. The molecule has 17 heavy (non-hydrogen) atoms. The van der Waals surface area contributed by atoms with Crippen LogP contribution in [0.5, 0.6) is 0 Å². The van der Waals surface area contributed by atoms with Crippen LogP contribution in [-0.4, -0.2) is 11.1 Å². The van der Waals surface area contributed by atoms with Crippen molar-refractivity contribution < 1.29 is 4.79 Å². The van der Waals surface area contributed by atoms with Crippen molar-refractivity contribution in [3.63, 3.8) is 0 Å². The van der Waals surface area contributed by atoms with Gasteiger partial charge in [0, 0.05) is 12.3 Å². The summed E-state index contributed by atoms with van der Waals surface area (Å²) in [7, 11) is 0. The number of unbranched alkanes of at least 4 members (excludes halogenated alkanes) is 1. The smallest absolute Gasteiger partial charge is 0.150 e. The highest BCUT2D eigenvalue weighted by Crippen LogP contribution is 2.24. The van der Waals surface area contributed by atoms with Crippen LogP contribution in [0.1, 0.15) is 36.3 Å². The van der Waals surface area contributed by atoms with Gasteiger partial charge in [0.25, 0.3) is 0 Å². The normalized spacial score (nSPS) is 11.8. The second-order valence-electron chi connectivity index (χ2n) is 4.12. The highest BCUT2D eigenvalue weighted by molar-refractivity contribution is 9.09. The van der Waals surface area contributed by atoms with Crippen LogP contribution in [0.25, 0.3) is 0 Å². The van der Waals surface area contributed by atoms with Crippen LogP contribution < -0.4 is 0 Å². The van der Waals surface area contributed by atoms with Crippen LogP contribution in [0.4, 0.5) is 0 Å². The van der Waals surface area contributed by atoms with E-state index in [1.54, 1.807) is 0 Å². The van der Waals surface area contributed by atoms with Gasteiger partial charge in [-0.05, 0) is 25.3 Å². The Morgan fingerprint density at radius 2 is 2.29 bits per heavy atom. The lowest BCUT2D eigenvalue weighted by Crippen LogP contribution is -2.14. The first kappa shape index (κ1) is 13.9. The first-order valence-electron chi connectivity index (χ1n) is 5.71. The van der Waals surface area contributed by atoms with Crippen LogP contribution in [0, 0.1) is 18.3 Å². The summed E-state index contributed by atoms with van der Waals surface area (Å²) in [5.74, 6) is 0.108. The molecule has 0 aliphatic rings. The number of nitrogens with zero attached hydrogens (tertiary/aromatic N) is 1. The van der Waals surface area contributed by atoms with Crippen LogP contribution in [0.2, 0.25) is 0 Å². The first-order valence-corrected chi connectivity index (χ1v) is 6.83. The number of hydrogen-bond donors (Lipinski definition) is 0. The Hall–Kier alpha value is -1.14. The zero-order valence-electron chi connectivity index (χ0n) is 9.95. The van der Waals surface area contributed by atoms with Gasteiger partial charge in [0.05, 0.1) is 11.4 Å². The number of aryl methyl sites for hydroxylation is 1. The molecular weight excluding hydrogens is 278 g/mol. The number of rotatable bonds is 6. The second kappa shape index (κ2) is 7.24. The van der Waals surface area contributed by atoms with Gasteiger partial charge in [-0.1, -0.05) is 45.8 Å². The number of hydrogen-bond acceptors (Lipinski definition) is 2. The molecule has 0 amide bonds. The molecule has 0 aliphatic carbocycles. The Morgan fingerprint density at radius 1 is 1.53 bits per heavy atom. The molecule has 90 valence electrons. The summed E-state index contributed by atoms with van der Waals surface area (Å²) in [6.45, 7) is 2.02. The number of carbonyl (C=O) groups is 1. The summed E-state index contributed by atoms with van der Waals surface area (Å²) in [6.07, 6.45) is 2.03. The molecular formula is C14H16BrNO. The van der Waals surface area contributed by atoms with Gasteiger partial charge >= 0.3 is 0 Å². The van der Waals surface area contributed by atoms with E-state index in [0.29, 0.717) is 11.8 Å². The van der Waals surface area contributed by atoms with E-state index in [2.05, 4.69) is 28.1 Å². The number of benzene rings is 1. The van der Waals surface area contributed by atoms with E-state index >= 15 is 0 Å². The van der Waals surface area contributed by atoms with Gasteiger partial charge < -0.3 is 0 Å². The maximum absolute atomic E-state index is 11.9. The Labute approximate surface area is 111 Å². The van der Waals surface area contributed by atoms with E-state index in [-0.39, 0.29) is 11.7 Å². The maximum Gasteiger partial charge on any atom is 0.150 e. The fraction of sp³-hybridized carbons (Fsp3) is 0.429. The summed E-state index contributed by atoms with van der Waals surface area (Å²) >= 11 is 3.23. The van der Waals surface area contributed by atoms with E-state index in [1.807, 2.05) is 25.1 Å². The lowest BCUT2D eigenvalue weighted by Gasteiger charge is -2.15. The van der Waals surface area contributed by atoms with Gasteiger partial charge in [0.2, 0.25) is 0 Å². The summed E-state index contributed by atoms with van der Waals surface area (Å²) in [5.41, 5.74) is 2.22. The quantitative estimate of drug-likeness (QED) is 0.592. The van der Waals surface area contributed by atoms with E-state index in [0.717, 1.165) is 24.0 Å². The number of carbonyl (C=O) groups excluding carboxylic acids is 1. The number of alkyl halides is 1. The molecule has 0 heterocycles. The van der Waals surface area contributed by atoms with Crippen molar-refractivity contribution in [3.05, 3.63) is 35.4 Å². The van der Waals surface area contributed by atoms with Gasteiger partial charge in [0.15, 0.2) is 5.78 Å². The van der Waals surface area contributed by atoms with E-state index in [9.17, 15) is 4.79 Å². The lowest BCUT2D eigenvalue weighted by atomic mass is 9.89. The number of halogens is 1. The largest absolute Gasteiger partial charge is 0.298 e. The van der Waals surface area contributed by atoms with Crippen molar-refractivity contribution in [2.75, 3.05) is 5.33 Å². The van der Waals surface area contributed by atoms with E-state index in [4.69, 9.17) is 5.26 Å². The summed E-state index contributed by atoms with van der Waals surface area (Å²) in [4.78, 5) is 11.9. The highest BCUT2D eigenvalue weighted by Gasteiger charge is 2.18. The summed E-state index contributed by atoms with van der Waals surface area (Å²) < 4.78 is 0. The molecule has 0 saturated heterocycles. The highest BCUT2D eigenvalue weighted by atomic mass is 79.9. The number of ketones is 1. The number of Topliss-reactive ketones (excluding diaryl/α,β-unsaturated/α-hetero) is 1. The molecule has 1 unspecified atom stereocenters. The van der Waals surface area contributed by atoms with Crippen molar-refractivity contribution in [1.29, 1.82) is 5.26 Å². The molecule has 0 radical (unpaired) electrons. The molecule has 0 saturated carbocycles.